The summed E-state index contributed by atoms with van der Waals surface area (Å²) in [5.41, 5.74) is 1.19. The van der Waals surface area contributed by atoms with Gasteiger partial charge in [-0.25, -0.2) is 19.6 Å². The average Bonchev–Trinajstić information content (AvgIpc) is 3.34. The maximum absolute atomic E-state index is 12.4. The van der Waals surface area contributed by atoms with Gasteiger partial charge in [0.1, 0.15) is 6.61 Å². The summed E-state index contributed by atoms with van der Waals surface area (Å²) in [6, 6.07) is 3.89. The first-order valence-electron chi connectivity index (χ1n) is 9.23. The van der Waals surface area contributed by atoms with E-state index < -0.39 is 5.97 Å². The van der Waals surface area contributed by atoms with Crippen LogP contribution in [0.3, 0.4) is 0 Å². The maximum Gasteiger partial charge on any atom is 0.410 e. The van der Waals surface area contributed by atoms with Gasteiger partial charge in [0, 0.05) is 43.4 Å². The Morgan fingerprint density at radius 3 is 2.61 bits per heavy atom. The number of hydrogen-bond acceptors (Lipinski definition) is 8. The molecule has 2 atom stereocenters. The second kappa shape index (κ2) is 7.79. The molecule has 2 saturated heterocycles. The van der Waals surface area contributed by atoms with Crippen LogP contribution in [0.5, 0.6) is 0 Å². The van der Waals surface area contributed by atoms with Crippen LogP contribution < -0.4 is 4.90 Å². The SMILES string of the molecule is CCOC(=O)c1cnc(N2CC3CC2CN3C(=O)OCc2cccnc2)nc1. The number of carbonyl (C=O) groups is 2. The lowest BCUT2D eigenvalue weighted by atomic mass is 10.2. The molecule has 146 valence electrons. The first-order chi connectivity index (χ1) is 13.7. The van der Waals surface area contributed by atoms with Crippen molar-refractivity contribution in [1.82, 2.24) is 19.9 Å². The summed E-state index contributed by atoms with van der Waals surface area (Å²) in [5.74, 6) is 0.128. The second-order valence-electron chi connectivity index (χ2n) is 6.76. The molecule has 2 aromatic rings. The largest absolute Gasteiger partial charge is 0.462 e. The molecule has 0 N–H and O–H groups in total. The van der Waals surface area contributed by atoms with Crippen molar-refractivity contribution in [3.05, 3.63) is 48.0 Å². The van der Waals surface area contributed by atoms with Crippen molar-refractivity contribution in [2.75, 3.05) is 24.6 Å². The highest BCUT2D eigenvalue weighted by Crippen LogP contribution is 2.33. The molecular weight excluding hydrogens is 362 g/mol. The smallest absolute Gasteiger partial charge is 0.410 e. The van der Waals surface area contributed by atoms with Gasteiger partial charge >= 0.3 is 12.1 Å². The van der Waals surface area contributed by atoms with Gasteiger partial charge in [-0.05, 0) is 19.4 Å². The van der Waals surface area contributed by atoms with Gasteiger partial charge in [0.2, 0.25) is 5.95 Å². The van der Waals surface area contributed by atoms with E-state index in [1.807, 2.05) is 12.1 Å². The fraction of sp³-hybridized carbons (Fsp3) is 0.421. The lowest BCUT2D eigenvalue weighted by Gasteiger charge is -2.33. The zero-order chi connectivity index (χ0) is 19.5. The van der Waals surface area contributed by atoms with E-state index in [1.165, 1.54) is 12.4 Å². The molecule has 1 amide bonds. The van der Waals surface area contributed by atoms with Crippen LogP contribution in [0.25, 0.3) is 0 Å². The van der Waals surface area contributed by atoms with Crippen molar-refractivity contribution in [2.45, 2.75) is 32.0 Å². The van der Waals surface area contributed by atoms with E-state index in [-0.39, 0.29) is 24.8 Å². The van der Waals surface area contributed by atoms with E-state index in [2.05, 4.69) is 19.9 Å². The monoisotopic (exact) mass is 383 g/mol. The number of amides is 1. The number of piperazine rings is 1. The highest BCUT2D eigenvalue weighted by Gasteiger charge is 2.46. The molecule has 2 fully saturated rings. The second-order valence-corrected chi connectivity index (χ2v) is 6.76. The van der Waals surface area contributed by atoms with Crippen LogP contribution in [0, 0.1) is 0 Å². The third-order valence-corrected chi connectivity index (χ3v) is 4.97. The van der Waals surface area contributed by atoms with Crippen LogP contribution in [0.15, 0.2) is 36.9 Å². The van der Waals surface area contributed by atoms with Gasteiger partial charge in [0.05, 0.1) is 24.3 Å². The van der Waals surface area contributed by atoms with Crippen LogP contribution in [-0.2, 0) is 16.1 Å². The average molecular weight is 383 g/mol. The van der Waals surface area contributed by atoms with Gasteiger partial charge in [-0.3, -0.25) is 4.98 Å². The summed E-state index contributed by atoms with van der Waals surface area (Å²) in [4.78, 5) is 40.6. The molecule has 4 heterocycles. The molecule has 0 aliphatic carbocycles. The molecule has 4 rings (SSSR count). The molecule has 2 bridgehead atoms. The standard InChI is InChI=1S/C19H21N5O4/c1-2-27-17(25)14-8-21-18(22-9-14)23-10-16-6-15(23)11-24(16)19(26)28-12-13-4-3-5-20-7-13/h3-5,7-9,15-16H,2,6,10-12H2,1H3. The summed E-state index contributed by atoms with van der Waals surface area (Å²) in [7, 11) is 0. The minimum atomic E-state index is -0.431. The lowest BCUT2D eigenvalue weighted by molar-refractivity contribution is 0.0525. The number of nitrogens with zero attached hydrogens (tertiary/aromatic N) is 5. The maximum atomic E-state index is 12.4. The number of fused-ring (bicyclic) bond motifs is 2. The number of likely N-dealkylation sites (tertiary alicyclic amines) is 1. The van der Waals surface area contributed by atoms with Crippen molar-refractivity contribution in [2.24, 2.45) is 0 Å². The molecular formula is C19H21N5O4. The Kier molecular flexibility index (Phi) is 5.05. The Bertz CT molecular complexity index is 845. The van der Waals surface area contributed by atoms with E-state index in [4.69, 9.17) is 9.47 Å². The van der Waals surface area contributed by atoms with Crippen LogP contribution in [0.2, 0.25) is 0 Å². The molecule has 9 nitrogen and oxygen atoms in total. The van der Waals surface area contributed by atoms with E-state index >= 15 is 0 Å². The third-order valence-electron chi connectivity index (χ3n) is 4.97. The molecule has 9 heteroatoms. The van der Waals surface area contributed by atoms with E-state index in [1.54, 1.807) is 24.2 Å². The third kappa shape index (κ3) is 3.60. The fourth-order valence-corrected chi connectivity index (χ4v) is 3.64. The van der Waals surface area contributed by atoms with Crippen molar-refractivity contribution < 1.29 is 19.1 Å². The normalized spacial score (nSPS) is 20.3. The Morgan fingerprint density at radius 2 is 1.96 bits per heavy atom. The fourth-order valence-electron chi connectivity index (χ4n) is 3.64. The quantitative estimate of drug-likeness (QED) is 0.719. The molecule has 2 aliphatic rings. The molecule has 2 aromatic heterocycles. The summed E-state index contributed by atoms with van der Waals surface area (Å²) < 4.78 is 10.4. The van der Waals surface area contributed by atoms with Crippen molar-refractivity contribution >= 4 is 18.0 Å². The summed E-state index contributed by atoms with van der Waals surface area (Å²) in [6.07, 6.45) is 6.86. The predicted molar refractivity (Wildman–Crippen MR) is 98.7 cm³/mol. The van der Waals surface area contributed by atoms with Gasteiger partial charge in [0.25, 0.3) is 0 Å². The molecule has 0 saturated carbocycles. The first-order valence-corrected chi connectivity index (χ1v) is 9.23. The number of carbonyl (C=O) groups excluding carboxylic acids is 2. The number of hydrogen-bond donors (Lipinski definition) is 0. The Labute approximate surface area is 162 Å². The zero-order valence-electron chi connectivity index (χ0n) is 15.5. The topological polar surface area (TPSA) is 97.8 Å². The number of ether oxygens (including phenoxy) is 2. The number of esters is 1. The Hall–Kier alpha value is -3.23. The lowest BCUT2D eigenvalue weighted by Crippen LogP contribution is -2.49. The van der Waals surface area contributed by atoms with Gasteiger partial charge in [0.15, 0.2) is 0 Å². The van der Waals surface area contributed by atoms with E-state index in [9.17, 15) is 9.59 Å². The van der Waals surface area contributed by atoms with Crippen molar-refractivity contribution in [3.8, 4) is 0 Å². The number of rotatable bonds is 5. The number of pyridine rings is 1. The van der Waals surface area contributed by atoms with Crippen LogP contribution in [0.4, 0.5) is 10.7 Å². The molecule has 0 aromatic carbocycles. The minimum Gasteiger partial charge on any atom is -0.462 e. The zero-order valence-corrected chi connectivity index (χ0v) is 15.5. The van der Waals surface area contributed by atoms with Gasteiger partial charge in [-0.2, -0.15) is 0 Å². The molecule has 28 heavy (non-hydrogen) atoms. The molecule has 0 spiro atoms. The Balaban J connectivity index is 1.33. The predicted octanol–water partition coefficient (Wildman–Crippen LogP) is 1.65. The van der Waals surface area contributed by atoms with E-state index in [0.717, 1.165) is 12.0 Å². The van der Waals surface area contributed by atoms with Gasteiger partial charge in [-0.15, -0.1) is 0 Å². The molecule has 0 radical (unpaired) electrons. The highest BCUT2D eigenvalue weighted by molar-refractivity contribution is 5.88. The molecule has 2 aliphatic heterocycles. The number of aromatic nitrogens is 3. The van der Waals surface area contributed by atoms with Gasteiger partial charge < -0.3 is 19.3 Å². The summed E-state index contributed by atoms with van der Waals surface area (Å²) >= 11 is 0. The van der Waals surface area contributed by atoms with Crippen LogP contribution in [0.1, 0.15) is 29.3 Å². The molecule has 2 unspecified atom stereocenters. The highest BCUT2D eigenvalue weighted by atomic mass is 16.6. The summed E-state index contributed by atoms with van der Waals surface area (Å²) in [5, 5.41) is 0. The van der Waals surface area contributed by atoms with Crippen LogP contribution >= 0.6 is 0 Å². The van der Waals surface area contributed by atoms with Crippen molar-refractivity contribution in [1.29, 1.82) is 0 Å². The number of anilines is 1. The summed E-state index contributed by atoms with van der Waals surface area (Å²) in [6.45, 7) is 3.48. The van der Waals surface area contributed by atoms with Crippen molar-refractivity contribution in [3.63, 3.8) is 0 Å². The minimum absolute atomic E-state index is 0.0692. The first kappa shape index (κ1) is 18.1. The van der Waals surface area contributed by atoms with Crippen LogP contribution in [-0.4, -0.2) is 63.7 Å². The Morgan fingerprint density at radius 1 is 1.14 bits per heavy atom. The van der Waals surface area contributed by atoms with E-state index in [0.29, 0.717) is 31.2 Å². The van der Waals surface area contributed by atoms with Gasteiger partial charge in [-0.1, -0.05) is 6.07 Å².